The first kappa shape index (κ1) is 18.8. The second-order valence-electron chi connectivity index (χ2n) is 7.67. The molecule has 27 heavy (non-hydrogen) atoms. The molecule has 2 saturated heterocycles. The van der Waals surface area contributed by atoms with Gasteiger partial charge in [0.15, 0.2) is 9.84 Å². The molecule has 8 heteroatoms. The van der Waals surface area contributed by atoms with Crippen LogP contribution in [0.25, 0.3) is 10.2 Å². The molecule has 4 rings (SSSR count). The Balaban J connectivity index is 1.39. The highest BCUT2D eigenvalue weighted by molar-refractivity contribution is 7.91. The molecule has 0 spiro atoms. The van der Waals surface area contributed by atoms with Crippen molar-refractivity contribution in [3.8, 4) is 0 Å². The van der Waals surface area contributed by atoms with Crippen molar-refractivity contribution in [2.24, 2.45) is 0 Å². The first-order valence-electron chi connectivity index (χ1n) is 9.45. The van der Waals surface area contributed by atoms with E-state index >= 15 is 0 Å². The van der Waals surface area contributed by atoms with Crippen molar-refractivity contribution in [2.75, 3.05) is 38.2 Å². The topological polar surface area (TPSA) is 70.6 Å². The van der Waals surface area contributed by atoms with Crippen LogP contribution in [0.4, 0.5) is 0 Å². The molecular weight excluding hydrogens is 382 g/mol. The number of aromatic nitrogens is 1. The van der Waals surface area contributed by atoms with Crippen LogP contribution in [0.15, 0.2) is 24.3 Å². The maximum atomic E-state index is 12.8. The number of piperidine rings is 1. The molecule has 2 aliphatic rings. The number of thiazole rings is 1. The van der Waals surface area contributed by atoms with E-state index in [1.807, 2.05) is 35.0 Å². The number of benzene rings is 1. The summed E-state index contributed by atoms with van der Waals surface area (Å²) in [6.45, 7) is 1.76. The Kier molecular flexibility index (Phi) is 5.22. The zero-order chi connectivity index (χ0) is 19.0. The Morgan fingerprint density at radius 3 is 2.89 bits per heavy atom. The number of sulfone groups is 1. The number of para-hydroxylation sites is 1. The lowest BCUT2D eigenvalue weighted by Crippen LogP contribution is -2.46. The lowest BCUT2D eigenvalue weighted by atomic mass is 9.98. The molecule has 1 aromatic heterocycles. The molecule has 3 heterocycles. The van der Waals surface area contributed by atoms with Crippen molar-refractivity contribution < 1.29 is 13.2 Å². The third kappa shape index (κ3) is 4.17. The molecule has 2 fully saturated rings. The van der Waals surface area contributed by atoms with Gasteiger partial charge in [0.2, 0.25) is 5.91 Å². The zero-order valence-corrected chi connectivity index (χ0v) is 17.1. The van der Waals surface area contributed by atoms with E-state index < -0.39 is 9.84 Å². The lowest BCUT2D eigenvalue weighted by Gasteiger charge is -2.33. The largest absolute Gasteiger partial charge is 0.341 e. The van der Waals surface area contributed by atoms with Crippen LogP contribution < -0.4 is 0 Å². The number of hydrogen-bond donors (Lipinski definition) is 0. The van der Waals surface area contributed by atoms with Crippen LogP contribution >= 0.6 is 11.3 Å². The van der Waals surface area contributed by atoms with Gasteiger partial charge in [0.25, 0.3) is 0 Å². The summed E-state index contributed by atoms with van der Waals surface area (Å²) in [5.74, 6) is 0.787. The minimum Gasteiger partial charge on any atom is -0.341 e. The molecule has 0 saturated carbocycles. The molecule has 2 unspecified atom stereocenters. The van der Waals surface area contributed by atoms with Crippen LogP contribution in [0, 0.1) is 0 Å². The normalized spacial score (nSPS) is 25.3. The van der Waals surface area contributed by atoms with E-state index in [4.69, 9.17) is 4.98 Å². The van der Waals surface area contributed by atoms with E-state index in [1.54, 1.807) is 11.3 Å². The van der Waals surface area contributed by atoms with E-state index in [0.29, 0.717) is 13.0 Å². The summed E-state index contributed by atoms with van der Waals surface area (Å²) >= 11 is 1.73. The summed E-state index contributed by atoms with van der Waals surface area (Å²) < 4.78 is 24.6. The number of nitrogens with zero attached hydrogens (tertiary/aromatic N) is 3. The summed E-state index contributed by atoms with van der Waals surface area (Å²) in [5, 5.41) is 1.11. The number of likely N-dealkylation sites (N-methyl/N-ethyl adjacent to an activating group) is 1. The molecule has 0 radical (unpaired) electrons. The highest BCUT2D eigenvalue weighted by Crippen LogP contribution is 2.33. The summed E-state index contributed by atoms with van der Waals surface area (Å²) in [6, 6.07) is 8.11. The van der Waals surface area contributed by atoms with Gasteiger partial charge in [-0.2, -0.15) is 0 Å². The maximum absolute atomic E-state index is 12.8. The van der Waals surface area contributed by atoms with E-state index in [0.717, 1.165) is 29.9 Å². The third-order valence-electron chi connectivity index (χ3n) is 5.65. The molecule has 0 aliphatic carbocycles. The second kappa shape index (κ2) is 7.48. The van der Waals surface area contributed by atoms with Crippen molar-refractivity contribution in [1.82, 2.24) is 14.8 Å². The number of carbonyl (C=O) groups excluding carboxylic acids is 1. The number of rotatable bonds is 4. The van der Waals surface area contributed by atoms with Gasteiger partial charge in [-0.25, -0.2) is 13.4 Å². The van der Waals surface area contributed by atoms with Gasteiger partial charge >= 0.3 is 0 Å². The highest BCUT2D eigenvalue weighted by Gasteiger charge is 2.33. The first-order chi connectivity index (χ1) is 12.9. The second-order valence-corrected chi connectivity index (χ2v) is 11.0. The zero-order valence-electron chi connectivity index (χ0n) is 15.5. The molecule has 146 valence electrons. The molecule has 2 aliphatic heterocycles. The minimum absolute atomic E-state index is 0.0381. The molecule has 2 aromatic rings. The van der Waals surface area contributed by atoms with E-state index in [-0.39, 0.29) is 35.9 Å². The van der Waals surface area contributed by atoms with Crippen LogP contribution in [-0.2, 0) is 14.6 Å². The van der Waals surface area contributed by atoms with Gasteiger partial charge in [0.1, 0.15) is 0 Å². The van der Waals surface area contributed by atoms with Gasteiger partial charge in [-0.3, -0.25) is 9.69 Å². The maximum Gasteiger partial charge on any atom is 0.236 e. The number of likely N-dealkylation sites (tertiary alicyclic amines) is 1. The average Bonchev–Trinajstić information content (AvgIpc) is 3.24. The number of fused-ring (bicyclic) bond motifs is 1. The third-order valence-corrected chi connectivity index (χ3v) is 8.60. The highest BCUT2D eigenvalue weighted by atomic mass is 32.2. The minimum atomic E-state index is -2.93. The Hall–Kier alpha value is -1.51. The Morgan fingerprint density at radius 2 is 2.15 bits per heavy atom. The Bertz CT molecular complexity index is 908. The van der Waals surface area contributed by atoms with Gasteiger partial charge in [-0.05, 0) is 38.4 Å². The average molecular weight is 408 g/mol. The smallest absolute Gasteiger partial charge is 0.236 e. The summed E-state index contributed by atoms with van der Waals surface area (Å²) in [5.41, 5.74) is 1.03. The fraction of sp³-hybridized carbons (Fsp3) is 0.579. The first-order valence-corrected chi connectivity index (χ1v) is 12.1. The SMILES string of the molecule is CN(CC(=O)N1CCCC(c2nc3ccccc3s2)C1)C1CCS(=O)(=O)C1. The molecule has 0 bridgehead atoms. The van der Waals surface area contributed by atoms with Crippen molar-refractivity contribution in [2.45, 2.75) is 31.2 Å². The lowest BCUT2D eigenvalue weighted by molar-refractivity contribution is -0.133. The van der Waals surface area contributed by atoms with E-state index in [1.165, 1.54) is 4.70 Å². The summed E-state index contributed by atoms with van der Waals surface area (Å²) in [4.78, 5) is 21.4. The van der Waals surface area contributed by atoms with Crippen LogP contribution in [-0.4, -0.2) is 73.3 Å². The van der Waals surface area contributed by atoms with E-state index in [2.05, 4.69) is 6.07 Å². The van der Waals surface area contributed by atoms with Crippen LogP contribution in [0.3, 0.4) is 0 Å². The summed E-state index contributed by atoms with van der Waals surface area (Å²) in [7, 11) is -1.07. The Labute approximate surface area is 164 Å². The predicted octanol–water partition coefficient (Wildman–Crippen LogP) is 2.12. The molecule has 1 aromatic carbocycles. The van der Waals surface area contributed by atoms with Crippen molar-refractivity contribution in [3.05, 3.63) is 29.3 Å². The van der Waals surface area contributed by atoms with Crippen LogP contribution in [0.1, 0.15) is 30.2 Å². The van der Waals surface area contributed by atoms with Gasteiger partial charge in [0, 0.05) is 25.0 Å². The van der Waals surface area contributed by atoms with Crippen molar-refractivity contribution in [1.29, 1.82) is 0 Å². The molecule has 1 amide bonds. The number of amides is 1. The summed E-state index contributed by atoms with van der Waals surface area (Å²) in [6.07, 6.45) is 2.66. The van der Waals surface area contributed by atoms with Crippen LogP contribution in [0.5, 0.6) is 0 Å². The Morgan fingerprint density at radius 1 is 1.33 bits per heavy atom. The molecule has 0 N–H and O–H groups in total. The molecule has 6 nitrogen and oxygen atoms in total. The number of carbonyl (C=O) groups is 1. The van der Waals surface area contributed by atoms with Crippen molar-refractivity contribution >= 4 is 37.3 Å². The van der Waals surface area contributed by atoms with Gasteiger partial charge in [-0.15, -0.1) is 11.3 Å². The van der Waals surface area contributed by atoms with Crippen LogP contribution in [0.2, 0.25) is 0 Å². The standard InChI is InChI=1S/C19H25N3O3S2/c1-21(15-8-10-27(24,25)13-15)12-18(23)22-9-4-5-14(11-22)19-20-16-6-2-3-7-17(16)26-19/h2-3,6-7,14-15H,4-5,8-13H2,1H3. The monoisotopic (exact) mass is 407 g/mol. The van der Waals surface area contributed by atoms with Gasteiger partial charge in [0.05, 0.1) is 33.3 Å². The van der Waals surface area contributed by atoms with E-state index in [9.17, 15) is 13.2 Å². The molecule has 2 atom stereocenters. The van der Waals surface area contributed by atoms with Gasteiger partial charge < -0.3 is 4.90 Å². The quantitative estimate of drug-likeness (QED) is 0.776. The fourth-order valence-electron chi connectivity index (χ4n) is 4.04. The predicted molar refractivity (Wildman–Crippen MR) is 108 cm³/mol. The van der Waals surface area contributed by atoms with Gasteiger partial charge in [-0.1, -0.05) is 12.1 Å². The number of hydrogen-bond acceptors (Lipinski definition) is 6. The molecular formula is C19H25N3O3S2. The fourth-order valence-corrected chi connectivity index (χ4v) is 6.93. The van der Waals surface area contributed by atoms with Crippen molar-refractivity contribution in [3.63, 3.8) is 0 Å².